The van der Waals surface area contributed by atoms with E-state index < -0.39 is 0 Å². The SMILES string of the molecule is CCNC(c1c(Br)nnn1C)C1CCCc2ccccc21. The predicted molar refractivity (Wildman–Crippen MR) is 87.2 cm³/mol. The van der Waals surface area contributed by atoms with Gasteiger partial charge in [-0.05, 0) is 52.9 Å². The number of hydrogen-bond acceptors (Lipinski definition) is 3. The molecule has 2 atom stereocenters. The number of hydrogen-bond donors (Lipinski definition) is 1. The zero-order valence-corrected chi connectivity index (χ0v) is 14.1. The molecule has 0 amide bonds. The van der Waals surface area contributed by atoms with E-state index in [9.17, 15) is 0 Å². The highest BCUT2D eigenvalue weighted by Gasteiger charge is 2.32. The summed E-state index contributed by atoms with van der Waals surface area (Å²) in [6.07, 6.45) is 3.63. The molecule has 0 aliphatic heterocycles. The third-order valence-electron chi connectivity index (χ3n) is 4.36. The summed E-state index contributed by atoms with van der Waals surface area (Å²) in [6, 6.07) is 9.08. The van der Waals surface area contributed by atoms with Crippen LogP contribution >= 0.6 is 15.9 Å². The number of likely N-dealkylation sites (N-methyl/N-ethyl adjacent to an activating group) is 1. The largest absolute Gasteiger partial charge is 0.308 e. The van der Waals surface area contributed by atoms with Gasteiger partial charge in [0.25, 0.3) is 0 Å². The Balaban J connectivity index is 2.03. The first-order chi connectivity index (χ1) is 10.2. The molecule has 0 radical (unpaired) electrons. The normalized spacial score (nSPS) is 19.3. The average molecular weight is 349 g/mol. The van der Waals surface area contributed by atoms with E-state index in [-0.39, 0.29) is 6.04 Å². The number of aryl methyl sites for hydroxylation is 2. The predicted octanol–water partition coefficient (Wildman–Crippen LogP) is 3.35. The van der Waals surface area contributed by atoms with E-state index in [1.54, 1.807) is 0 Å². The van der Waals surface area contributed by atoms with Crippen LogP contribution in [-0.4, -0.2) is 21.5 Å². The van der Waals surface area contributed by atoms with Gasteiger partial charge < -0.3 is 5.32 Å². The molecule has 1 aromatic heterocycles. The van der Waals surface area contributed by atoms with Gasteiger partial charge in [0.15, 0.2) is 4.60 Å². The number of fused-ring (bicyclic) bond motifs is 1. The Morgan fingerprint density at radius 2 is 2.24 bits per heavy atom. The minimum atomic E-state index is 0.242. The van der Waals surface area contributed by atoms with Gasteiger partial charge in [-0.1, -0.05) is 36.4 Å². The van der Waals surface area contributed by atoms with Crippen molar-refractivity contribution in [3.8, 4) is 0 Å². The van der Waals surface area contributed by atoms with Crippen LogP contribution in [0.25, 0.3) is 0 Å². The van der Waals surface area contributed by atoms with E-state index in [1.165, 1.54) is 30.4 Å². The maximum atomic E-state index is 4.16. The number of rotatable bonds is 4. The van der Waals surface area contributed by atoms with Crippen LogP contribution in [0.2, 0.25) is 0 Å². The summed E-state index contributed by atoms with van der Waals surface area (Å²) in [7, 11) is 1.96. The molecule has 3 rings (SSSR count). The smallest absolute Gasteiger partial charge is 0.153 e. The Hall–Kier alpha value is -1.20. The van der Waals surface area contributed by atoms with E-state index >= 15 is 0 Å². The van der Waals surface area contributed by atoms with Crippen LogP contribution in [0.15, 0.2) is 28.9 Å². The third-order valence-corrected chi connectivity index (χ3v) is 4.93. The Bertz CT molecular complexity index is 603. The van der Waals surface area contributed by atoms with Crippen LogP contribution in [0, 0.1) is 0 Å². The molecule has 2 unspecified atom stereocenters. The minimum Gasteiger partial charge on any atom is -0.308 e. The molecule has 1 aromatic carbocycles. The number of halogens is 1. The zero-order valence-electron chi connectivity index (χ0n) is 12.5. The van der Waals surface area contributed by atoms with Gasteiger partial charge in [-0.15, -0.1) is 5.10 Å². The second-order valence-corrected chi connectivity index (χ2v) is 6.37. The van der Waals surface area contributed by atoms with Crippen molar-refractivity contribution in [3.05, 3.63) is 45.7 Å². The van der Waals surface area contributed by atoms with Gasteiger partial charge in [0.2, 0.25) is 0 Å². The molecule has 1 N–H and O–H groups in total. The summed E-state index contributed by atoms with van der Waals surface area (Å²) in [4.78, 5) is 0. The average Bonchev–Trinajstić information content (AvgIpc) is 2.84. The van der Waals surface area contributed by atoms with Crippen molar-refractivity contribution in [1.29, 1.82) is 0 Å². The van der Waals surface area contributed by atoms with Crippen molar-refractivity contribution >= 4 is 15.9 Å². The fraction of sp³-hybridized carbons (Fsp3) is 0.500. The minimum absolute atomic E-state index is 0.242. The molecular formula is C16H21BrN4. The van der Waals surface area contributed by atoms with Crippen LogP contribution in [0.1, 0.15) is 48.5 Å². The fourth-order valence-corrected chi connectivity index (χ4v) is 4.03. The van der Waals surface area contributed by atoms with Crippen LogP contribution < -0.4 is 5.32 Å². The summed E-state index contributed by atoms with van der Waals surface area (Å²) < 4.78 is 2.73. The van der Waals surface area contributed by atoms with Crippen molar-refractivity contribution in [2.45, 2.75) is 38.1 Å². The topological polar surface area (TPSA) is 42.7 Å². The Morgan fingerprint density at radius 1 is 1.43 bits per heavy atom. The number of benzene rings is 1. The lowest BCUT2D eigenvalue weighted by Crippen LogP contribution is -2.31. The first-order valence-electron chi connectivity index (χ1n) is 7.58. The molecule has 2 aromatic rings. The lowest BCUT2D eigenvalue weighted by atomic mass is 9.78. The van der Waals surface area contributed by atoms with Gasteiger partial charge in [0.1, 0.15) is 0 Å². The van der Waals surface area contributed by atoms with Gasteiger partial charge in [0.05, 0.1) is 11.7 Å². The van der Waals surface area contributed by atoms with E-state index in [2.05, 4.69) is 62.7 Å². The molecule has 0 fully saturated rings. The molecule has 0 bridgehead atoms. The zero-order chi connectivity index (χ0) is 14.8. The van der Waals surface area contributed by atoms with E-state index in [1.807, 2.05) is 11.7 Å². The summed E-state index contributed by atoms with van der Waals surface area (Å²) in [5.41, 5.74) is 4.10. The fourth-order valence-electron chi connectivity index (χ4n) is 3.46. The van der Waals surface area contributed by atoms with Gasteiger partial charge in [-0.25, -0.2) is 4.68 Å². The van der Waals surface area contributed by atoms with Gasteiger partial charge >= 0.3 is 0 Å². The van der Waals surface area contributed by atoms with E-state index in [4.69, 9.17) is 0 Å². The maximum absolute atomic E-state index is 4.16. The van der Waals surface area contributed by atoms with Crippen LogP contribution in [0.5, 0.6) is 0 Å². The van der Waals surface area contributed by atoms with Gasteiger partial charge in [0, 0.05) is 13.0 Å². The Morgan fingerprint density at radius 3 is 2.95 bits per heavy atom. The molecule has 0 spiro atoms. The second-order valence-electron chi connectivity index (χ2n) is 5.62. The molecule has 21 heavy (non-hydrogen) atoms. The number of aromatic nitrogens is 3. The lowest BCUT2D eigenvalue weighted by molar-refractivity contribution is 0.389. The molecule has 1 heterocycles. The summed E-state index contributed by atoms with van der Waals surface area (Å²) in [5.74, 6) is 0.475. The highest BCUT2D eigenvalue weighted by Crippen LogP contribution is 2.41. The van der Waals surface area contributed by atoms with Crippen LogP contribution in [0.4, 0.5) is 0 Å². The third kappa shape index (κ3) is 2.77. The second kappa shape index (κ2) is 6.28. The van der Waals surface area contributed by atoms with E-state index in [0.717, 1.165) is 16.8 Å². The van der Waals surface area contributed by atoms with Gasteiger partial charge in [-0.3, -0.25) is 0 Å². The monoisotopic (exact) mass is 348 g/mol. The summed E-state index contributed by atoms with van der Waals surface area (Å²) in [5, 5.41) is 12.0. The van der Waals surface area contributed by atoms with Crippen molar-refractivity contribution in [2.75, 3.05) is 6.54 Å². The Labute approximate surface area is 134 Å². The lowest BCUT2D eigenvalue weighted by Gasteiger charge is -2.33. The van der Waals surface area contributed by atoms with Gasteiger partial charge in [-0.2, -0.15) is 0 Å². The Kier molecular flexibility index (Phi) is 4.40. The molecule has 5 heteroatoms. The standard InChI is InChI=1S/C16H21BrN4/c1-3-18-14(15-16(17)19-20-21(15)2)13-10-6-8-11-7-4-5-9-12(11)13/h4-5,7,9,13-14,18H,3,6,8,10H2,1-2H3. The quantitative estimate of drug-likeness (QED) is 0.921. The number of nitrogens with one attached hydrogen (secondary N) is 1. The first kappa shape index (κ1) is 14.7. The molecule has 0 saturated heterocycles. The summed E-state index contributed by atoms with van der Waals surface area (Å²) in [6.45, 7) is 3.08. The molecule has 0 saturated carbocycles. The van der Waals surface area contributed by atoms with Crippen molar-refractivity contribution in [3.63, 3.8) is 0 Å². The molecule has 112 valence electrons. The first-order valence-corrected chi connectivity index (χ1v) is 8.38. The van der Waals surface area contributed by atoms with Crippen LogP contribution in [-0.2, 0) is 13.5 Å². The highest BCUT2D eigenvalue weighted by molar-refractivity contribution is 9.10. The molecular weight excluding hydrogens is 328 g/mol. The van der Waals surface area contributed by atoms with Crippen molar-refractivity contribution in [1.82, 2.24) is 20.3 Å². The molecule has 4 nitrogen and oxygen atoms in total. The van der Waals surface area contributed by atoms with E-state index in [0.29, 0.717) is 5.92 Å². The molecule has 1 aliphatic carbocycles. The maximum Gasteiger partial charge on any atom is 0.153 e. The highest BCUT2D eigenvalue weighted by atomic mass is 79.9. The molecule has 1 aliphatic rings. The van der Waals surface area contributed by atoms with Crippen LogP contribution in [0.3, 0.4) is 0 Å². The van der Waals surface area contributed by atoms with Crippen molar-refractivity contribution in [2.24, 2.45) is 7.05 Å². The van der Waals surface area contributed by atoms with Crippen molar-refractivity contribution < 1.29 is 0 Å². The summed E-state index contributed by atoms with van der Waals surface area (Å²) >= 11 is 3.56. The number of nitrogens with zero attached hydrogens (tertiary/aromatic N) is 3.